The molecule has 0 N–H and O–H groups in total. The minimum absolute atomic E-state index is 0.0801. The quantitative estimate of drug-likeness (QED) is 0.187. The van der Waals surface area contributed by atoms with Crippen LogP contribution < -0.4 is 4.90 Å². The van der Waals surface area contributed by atoms with Gasteiger partial charge in [-0.1, -0.05) is 94.4 Å². The highest BCUT2D eigenvalue weighted by Crippen LogP contribution is 2.41. The van der Waals surface area contributed by atoms with Gasteiger partial charge in [-0.2, -0.15) is 5.26 Å². The molecule has 0 bridgehead atoms. The molecule has 3 aromatic rings. The highest BCUT2D eigenvalue weighted by Gasteiger charge is 2.45. The van der Waals surface area contributed by atoms with Crippen LogP contribution in [0.3, 0.4) is 0 Å². The molecule has 0 spiro atoms. The predicted octanol–water partition coefficient (Wildman–Crippen LogP) is 6.73. The van der Waals surface area contributed by atoms with E-state index in [0.717, 1.165) is 42.5 Å². The van der Waals surface area contributed by atoms with Gasteiger partial charge < -0.3 is 4.90 Å². The molecule has 0 radical (unpaired) electrons. The number of nitriles is 1. The number of nitrogens with zero attached hydrogens (tertiary/aromatic N) is 4. The zero-order valence-electron chi connectivity index (χ0n) is 26.0. The summed E-state index contributed by atoms with van der Waals surface area (Å²) >= 11 is 1.29. The summed E-state index contributed by atoms with van der Waals surface area (Å²) in [5, 5.41) is 10.1. The summed E-state index contributed by atoms with van der Waals surface area (Å²) in [7, 11) is 0. The Morgan fingerprint density at radius 3 is 2.41 bits per heavy atom. The number of anilines is 1. The number of rotatable bonds is 10. The molecule has 8 heteroatoms. The van der Waals surface area contributed by atoms with Crippen LogP contribution >= 0.6 is 11.8 Å². The van der Waals surface area contributed by atoms with Gasteiger partial charge in [0.25, 0.3) is 5.91 Å². The van der Waals surface area contributed by atoms with Crippen molar-refractivity contribution in [3.63, 3.8) is 0 Å². The van der Waals surface area contributed by atoms with E-state index in [-0.39, 0.29) is 30.2 Å². The number of hydrogen-bond acceptors (Lipinski definition) is 6. The van der Waals surface area contributed by atoms with Gasteiger partial charge in [0.15, 0.2) is 0 Å². The first-order valence-electron chi connectivity index (χ1n) is 15.5. The molecule has 1 aliphatic heterocycles. The molecule has 1 aromatic heterocycles. The van der Waals surface area contributed by atoms with Crippen molar-refractivity contribution >= 4 is 35.2 Å². The summed E-state index contributed by atoms with van der Waals surface area (Å²) in [6, 6.07) is 21.7. The molecule has 228 valence electrons. The van der Waals surface area contributed by atoms with Crippen LogP contribution in [0.4, 0.5) is 5.69 Å². The van der Waals surface area contributed by atoms with Gasteiger partial charge in [0.1, 0.15) is 17.1 Å². The number of carbonyl (C=O) groups excluding carboxylic acids is 3. The number of hydrogen-bond donors (Lipinski definition) is 0. The van der Waals surface area contributed by atoms with Gasteiger partial charge in [-0.3, -0.25) is 14.4 Å². The number of pyridine rings is 1. The molecule has 3 amide bonds. The average Bonchev–Trinajstić information content (AvgIpc) is 3.34. The van der Waals surface area contributed by atoms with Gasteiger partial charge >= 0.3 is 0 Å². The third-order valence-corrected chi connectivity index (χ3v) is 10.7. The minimum Gasteiger partial charge on any atom is -0.325 e. The molecule has 1 fully saturated rings. The normalized spacial score (nSPS) is 18.9. The summed E-state index contributed by atoms with van der Waals surface area (Å²) < 4.78 is 0. The van der Waals surface area contributed by atoms with E-state index in [2.05, 4.69) is 26.8 Å². The summed E-state index contributed by atoms with van der Waals surface area (Å²) in [4.78, 5) is 49.0. The Kier molecular flexibility index (Phi) is 9.55. The van der Waals surface area contributed by atoms with Gasteiger partial charge in [-0.15, -0.1) is 0 Å². The summed E-state index contributed by atoms with van der Waals surface area (Å²) in [5.74, 6) is -0.439. The summed E-state index contributed by atoms with van der Waals surface area (Å²) in [5.41, 5.74) is 4.20. The fourth-order valence-corrected chi connectivity index (χ4v) is 7.30. The SMILES string of the molecule is CCC(Sc1nc2c(cc1C#N)CC(C(C)(C)CC)CC2)C(=O)N(Cc1ccccc1)C1CC(=O)N(c2ccccc2)C1=O. The molecule has 1 saturated heterocycles. The molecule has 2 aromatic carbocycles. The van der Waals surface area contributed by atoms with Crippen LogP contribution in [0, 0.1) is 22.7 Å². The van der Waals surface area contributed by atoms with Crippen LogP contribution in [0.25, 0.3) is 0 Å². The molecule has 3 atom stereocenters. The third-order valence-electron chi connectivity index (χ3n) is 9.38. The van der Waals surface area contributed by atoms with Crippen molar-refractivity contribution in [1.29, 1.82) is 5.26 Å². The fourth-order valence-electron chi connectivity index (χ4n) is 6.23. The highest BCUT2D eigenvalue weighted by atomic mass is 32.2. The smallest absolute Gasteiger partial charge is 0.257 e. The highest BCUT2D eigenvalue weighted by molar-refractivity contribution is 8.00. The maximum atomic E-state index is 14.4. The molecular weight excluding hydrogens is 568 g/mol. The molecule has 2 heterocycles. The van der Waals surface area contributed by atoms with E-state index in [1.54, 1.807) is 29.2 Å². The first kappa shape index (κ1) is 31.5. The number of fused-ring (bicyclic) bond motifs is 1. The number of carbonyl (C=O) groups is 3. The molecule has 0 saturated carbocycles. The van der Waals surface area contributed by atoms with E-state index in [1.165, 1.54) is 16.7 Å². The van der Waals surface area contributed by atoms with E-state index in [4.69, 9.17) is 4.98 Å². The van der Waals surface area contributed by atoms with Gasteiger partial charge in [0, 0.05) is 12.2 Å². The monoisotopic (exact) mass is 608 g/mol. The number of imide groups is 1. The standard InChI is InChI=1S/C36H40N4O3S/c1-5-31(44-33-26(22-37)19-25-20-27(36(3,4)6-2)17-18-29(25)38-33)35(43)39(23-24-13-9-7-10-14-24)30-21-32(41)40(34(30)42)28-15-11-8-12-16-28/h7-16,19,27,30-31H,5-6,17-18,20-21,23H2,1-4H3. The minimum atomic E-state index is -0.921. The number of aryl methyl sites for hydroxylation is 1. The number of benzene rings is 2. The molecule has 3 unspecified atom stereocenters. The lowest BCUT2D eigenvalue weighted by Crippen LogP contribution is -2.48. The Morgan fingerprint density at radius 1 is 1.09 bits per heavy atom. The van der Waals surface area contributed by atoms with Crippen LogP contribution in [-0.4, -0.2) is 38.9 Å². The third kappa shape index (κ3) is 6.44. The summed E-state index contributed by atoms with van der Waals surface area (Å²) in [6.07, 6.45) is 4.29. The molecule has 1 aliphatic carbocycles. The van der Waals surface area contributed by atoms with Crippen LogP contribution in [0.5, 0.6) is 0 Å². The maximum absolute atomic E-state index is 14.4. The van der Waals surface area contributed by atoms with Crippen molar-refractivity contribution in [2.75, 3.05) is 4.90 Å². The zero-order valence-corrected chi connectivity index (χ0v) is 26.8. The van der Waals surface area contributed by atoms with Crippen LogP contribution in [0.2, 0.25) is 0 Å². The van der Waals surface area contributed by atoms with E-state index < -0.39 is 17.2 Å². The largest absolute Gasteiger partial charge is 0.325 e. The van der Waals surface area contributed by atoms with Crippen molar-refractivity contribution in [3.05, 3.63) is 89.1 Å². The van der Waals surface area contributed by atoms with Gasteiger partial charge in [-0.25, -0.2) is 9.88 Å². The molecular formula is C36H40N4O3S. The van der Waals surface area contributed by atoms with E-state index in [9.17, 15) is 19.6 Å². The van der Waals surface area contributed by atoms with Crippen LogP contribution in [-0.2, 0) is 33.8 Å². The number of thioether (sulfide) groups is 1. The zero-order chi connectivity index (χ0) is 31.4. The van der Waals surface area contributed by atoms with Crippen molar-refractivity contribution in [2.45, 2.75) is 89.1 Å². The van der Waals surface area contributed by atoms with Crippen LogP contribution in [0.15, 0.2) is 71.8 Å². The Morgan fingerprint density at radius 2 is 1.77 bits per heavy atom. The Balaban J connectivity index is 1.43. The Bertz CT molecular complexity index is 1570. The fraction of sp³-hybridized carbons (Fsp3) is 0.417. The van der Waals surface area contributed by atoms with E-state index in [1.807, 2.05) is 49.4 Å². The molecule has 2 aliphatic rings. The van der Waals surface area contributed by atoms with E-state index in [0.29, 0.717) is 28.6 Å². The van der Waals surface area contributed by atoms with E-state index >= 15 is 0 Å². The molecule has 7 nitrogen and oxygen atoms in total. The topological polar surface area (TPSA) is 94.4 Å². The second-order valence-electron chi connectivity index (χ2n) is 12.4. The van der Waals surface area contributed by atoms with Crippen molar-refractivity contribution in [3.8, 4) is 6.07 Å². The van der Waals surface area contributed by atoms with Crippen molar-refractivity contribution in [2.24, 2.45) is 11.3 Å². The first-order valence-corrected chi connectivity index (χ1v) is 16.4. The van der Waals surface area contributed by atoms with Gasteiger partial charge in [-0.05, 0) is 66.3 Å². The lowest BCUT2D eigenvalue weighted by atomic mass is 9.69. The first-order chi connectivity index (χ1) is 21.2. The average molecular weight is 609 g/mol. The number of aromatic nitrogens is 1. The van der Waals surface area contributed by atoms with Crippen molar-refractivity contribution < 1.29 is 14.4 Å². The Hall–Kier alpha value is -3.96. The number of amides is 3. The molecule has 44 heavy (non-hydrogen) atoms. The van der Waals surface area contributed by atoms with Crippen LogP contribution in [0.1, 0.15) is 75.8 Å². The lowest BCUT2D eigenvalue weighted by Gasteiger charge is -2.37. The second kappa shape index (κ2) is 13.4. The van der Waals surface area contributed by atoms with Gasteiger partial charge in [0.2, 0.25) is 11.8 Å². The number of para-hydroxylation sites is 1. The predicted molar refractivity (Wildman–Crippen MR) is 173 cm³/mol. The lowest BCUT2D eigenvalue weighted by molar-refractivity contribution is -0.138. The van der Waals surface area contributed by atoms with Crippen molar-refractivity contribution in [1.82, 2.24) is 9.88 Å². The molecule has 5 rings (SSSR count). The second-order valence-corrected chi connectivity index (χ2v) is 13.6. The maximum Gasteiger partial charge on any atom is 0.257 e. The van der Waals surface area contributed by atoms with Gasteiger partial charge in [0.05, 0.1) is 22.9 Å². The Labute approximate surface area is 264 Å². The summed E-state index contributed by atoms with van der Waals surface area (Å²) in [6.45, 7) is 8.97.